The number of hydrogen-bond acceptors (Lipinski definition) is 6. The van der Waals surface area contributed by atoms with Gasteiger partial charge in [-0.05, 0) is 48.1 Å². The predicted octanol–water partition coefficient (Wildman–Crippen LogP) is 2.51. The molecule has 3 rings (SSSR count). The summed E-state index contributed by atoms with van der Waals surface area (Å²) in [6.07, 6.45) is 0.843. The van der Waals surface area contributed by atoms with Crippen LogP contribution in [-0.4, -0.2) is 62.5 Å². The van der Waals surface area contributed by atoms with E-state index in [1.807, 2.05) is 12.1 Å². The second-order valence-electron chi connectivity index (χ2n) is 9.82. The Labute approximate surface area is 224 Å². The number of fused-ring (bicyclic) bond motifs is 2. The fraction of sp³-hybridized carbons (Fsp3) is 0.517. The molecule has 2 aromatic carbocycles. The molecule has 0 spiro atoms. The normalized spacial score (nSPS) is 20.2. The number of aliphatic hydroxyl groups is 1. The van der Waals surface area contributed by atoms with Crippen LogP contribution in [0.1, 0.15) is 42.9 Å². The molecular formula is C29H40FN3O5. The third-order valence-electron chi connectivity index (χ3n) is 6.62. The van der Waals surface area contributed by atoms with Crippen LogP contribution in [0.5, 0.6) is 5.75 Å². The Hall–Kier alpha value is -3.01. The number of amides is 2. The number of ether oxygens (including phenoxy) is 2. The van der Waals surface area contributed by atoms with Gasteiger partial charge in [-0.2, -0.15) is 0 Å². The number of hydrogen-bond donors (Lipinski definition) is 4. The molecule has 9 heteroatoms. The summed E-state index contributed by atoms with van der Waals surface area (Å²) in [7, 11) is 1.60. The standard InChI is InChI=1S/C29H40FN3O5/c1-3-20-5-4-6-21(11-20)16-31-17-27(34)26-14-23-12-24(30)15-25(13-23)38-19-22(18-37-2)9-10-32-28(35)7-8-29(36)33-26/h4-6,11-13,15,22,26-27,31,34H,3,7-10,14,16-19H2,1-2H3,(H,32,35)(H,33,36). The molecule has 2 bridgehead atoms. The molecule has 1 heterocycles. The number of aryl methyl sites for hydroxylation is 1. The number of carbonyl (C=O) groups is 2. The summed E-state index contributed by atoms with van der Waals surface area (Å²) in [4.78, 5) is 24.9. The maximum Gasteiger partial charge on any atom is 0.220 e. The van der Waals surface area contributed by atoms with E-state index in [-0.39, 0.29) is 43.5 Å². The van der Waals surface area contributed by atoms with Crippen molar-refractivity contribution in [3.8, 4) is 5.75 Å². The van der Waals surface area contributed by atoms with Gasteiger partial charge in [-0.3, -0.25) is 9.59 Å². The number of methoxy groups -OCH3 is 1. The monoisotopic (exact) mass is 529 g/mol. The first-order chi connectivity index (χ1) is 18.4. The van der Waals surface area contributed by atoms with Gasteiger partial charge in [0.15, 0.2) is 0 Å². The predicted molar refractivity (Wildman–Crippen MR) is 143 cm³/mol. The van der Waals surface area contributed by atoms with E-state index in [1.54, 1.807) is 13.2 Å². The second kappa shape index (κ2) is 15.4. The number of nitrogens with one attached hydrogen (secondary N) is 3. The minimum Gasteiger partial charge on any atom is -0.493 e. The van der Waals surface area contributed by atoms with Crippen molar-refractivity contribution in [1.29, 1.82) is 0 Å². The number of benzene rings is 2. The largest absolute Gasteiger partial charge is 0.493 e. The van der Waals surface area contributed by atoms with Gasteiger partial charge in [0.2, 0.25) is 11.8 Å². The molecule has 1 aliphatic heterocycles. The number of aliphatic hydroxyl groups excluding tert-OH is 1. The summed E-state index contributed by atoms with van der Waals surface area (Å²) >= 11 is 0. The first-order valence-electron chi connectivity index (χ1n) is 13.3. The van der Waals surface area contributed by atoms with Gasteiger partial charge in [-0.15, -0.1) is 0 Å². The lowest BCUT2D eigenvalue weighted by atomic mass is 10.00. The van der Waals surface area contributed by atoms with Crippen LogP contribution in [0.4, 0.5) is 4.39 Å². The van der Waals surface area contributed by atoms with Gasteiger partial charge in [0, 0.05) is 51.6 Å². The molecule has 0 saturated heterocycles. The molecule has 1 aliphatic rings. The molecule has 208 valence electrons. The molecule has 3 unspecified atom stereocenters. The Morgan fingerprint density at radius 2 is 1.95 bits per heavy atom. The molecule has 0 fully saturated rings. The lowest BCUT2D eigenvalue weighted by molar-refractivity contribution is -0.127. The van der Waals surface area contributed by atoms with Gasteiger partial charge in [-0.1, -0.05) is 31.2 Å². The zero-order chi connectivity index (χ0) is 27.3. The van der Waals surface area contributed by atoms with Crippen LogP contribution in [0.25, 0.3) is 0 Å². The van der Waals surface area contributed by atoms with E-state index in [0.29, 0.717) is 44.0 Å². The maximum absolute atomic E-state index is 14.5. The van der Waals surface area contributed by atoms with Gasteiger partial charge in [0.25, 0.3) is 0 Å². The summed E-state index contributed by atoms with van der Waals surface area (Å²) in [5.74, 6) is -0.656. The Morgan fingerprint density at radius 3 is 2.74 bits per heavy atom. The molecular weight excluding hydrogens is 489 g/mol. The van der Waals surface area contributed by atoms with Crippen LogP contribution in [0.15, 0.2) is 42.5 Å². The fourth-order valence-corrected chi connectivity index (χ4v) is 4.50. The Balaban J connectivity index is 1.73. The minimum absolute atomic E-state index is 0.00175. The highest BCUT2D eigenvalue weighted by atomic mass is 19.1. The first-order valence-corrected chi connectivity index (χ1v) is 13.3. The Kier molecular flexibility index (Phi) is 12.0. The SMILES string of the molecule is CCc1cccc(CNCC(O)C2Cc3cc(F)cc(c3)OCC(COC)CCNC(=O)CCC(=O)N2)c1. The average molecular weight is 530 g/mol. The van der Waals surface area contributed by atoms with Crippen molar-refractivity contribution in [3.63, 3.8) is 0 Å². The molecule has 3 atom stereocenters. The highest BCUT2D eigenvalue weighted by Gasteiger charge is 2.23. The summed E-state index contributed by atoms with van der Waals surface area (Å²) in [6, 6.07) is 11.9. The van der Waals surface area contributed by atoms with E-state index in [1.165, 1.54) is 17.7 Å². The van der Waals surface area contributed by atoms with Gasteiger partial charge in [0.1, 0.15) is 11.6 Å². The zero-order valence-electron chi connectivity index (χ0n) is 22.3. The topological polar surface area (TPSA) is 109 Å². The molecule has 4 N–H and O–H groups in total. The first kappa shape index (κ1) is 29.5. The van der Waals surface area contributed by atoms with Crippen LogP contribution in [0.3, 0.4) is 0 Å². The molecule has 0 saturated carbocycles. The summed E-state index contributed by atoms with van der Waals surface area (Å²) in [5.41, 5.74) is 2.92. The van der Waals surface area contributed by atoms with Crippen molar-refractivity contribution in [2.45, 2.75) is 57.7 Å². The highest BCUT2D eigenvalue weighted by molar-refractivity contribution is 5.83. The van der Waals surface area contributed by atoms with E-state index in [0.717, 1.165) is 12.0 Å². The smallest absolute Gasteiger partial charge is 0.220 e. The van der Waals surface area contributed by atoms with Crippen molar-refractivity contribution in [2.24, 2.45) is 5.92 Å². The fourth-order valence-electron chi connectivity index (χ4n) is 4.50. The summed E-state index contributed by atoms with van der Waals surface area (Å²) in [6.45, 7) is 4.04. The number of halogens is 1. The Bertz CT molecular complexity index is 1050. The second-order valence-corrected chi connectivity index (χ2v) is 9.82. The number of rotatable bonds is 8. The molecule has 2 aromatic rings. The van der Waals surface area contributed by atoms with Gasteiger partial charge < -0.3 is 30.5 Å². The van der Waals surface area contributed by atoms with E-state index >= 15 is 0 Å². The molecule has 8 nitrogen and oxygen atoms in total. The van der Waals surface area contributed by atoms with Crippen LogP contribution in [0.2, 0.25) is 0 Å². The van der Waals surface area contributed by atoms with Crippen LogP contribution in [0, 0.1) is 11.7 Å². The van der Waals surface area contributed by atoms with Crippen LogP contribution < -0.4 is 20.7 Å². The summed E-state index contributed by atoms with van der Waals surface area (Å²) in [5, 5.41) is 19.9. The third-order valence-corrected chi connectivity index (χ3v) is 6.62. The molecule has 0 aliphatic carbocycles. The summed E-state index contributed by atoms with van der Waals surface area (Å²) < 4.78 is 25.6. The van der Waals surface area contributed by atoms with E-state index in [9.17, 15) is 19.1 Å². The van der Waals surface area contributed by atoms with E-state index in [4.69, 9.17) is 9.47 Å². The van der Waals surface area contributed by atoms with Crippen LogP contribution in [-0.2, 0) is 33.7 Å². The van der Waals surface area contributed by atoms with Gasteiger partial charge in [0.05, 0.1) is 25.4 Å². The lowest BCUT2D eigenvalue weighted by Crippen LogP contribution is -2.48. The molecule has 38 heavy (non-hydrogen) atoms. The van der Waals surface area contributed by atoms with Crippen molar-refractivity contribution in [2.75, 3.05) is 33.4 Å². The van der Waals surface area contributed by atoms with Crippen LogP contribution >= 0.6 is 0 Å². The quantitative estimate of drug-likeness (QED) is 0.419. The minimum atomic E-state index is -0.945. The molecule has 2 amide bonds. The zero-order valence-corrected chi connectivity index (χ0v) is 22.3. The third kappa shape index (κ3) is 10.0. The van der Waals surface area contributed by atoms with Crippen molar-refractivity contribution in [3.05, 3.63) is 65.0 Å². The maximum atomic E-state index is 14.5. The van der Waals surface area contributed by atoms with Crippen molar-refractivity contribution in [1.82, 2.24) is 16.0 Å². The van der Waals surface area contributed by atoms with Crippen molar-refractivity contribution < 1.29 is 28.6 Å². The average Bonchev–Trinajstić information content (AvgIpc) is 2.89. The van der Waals surface area contributed by atoms with E-state index in [2.05, 4.69) is 35.0 Å². The van der Waals surface area contributed by atoms with Gasteiger partial charge in [-0.25, -0.2) is 4.39 Å². The van der Waals surface area contributed by atoms with E-state index < -0.39 is 18.0 Å². The van der Waals surface area contributed by atoms with Crippen molar-refractivity contribution >= 4 is 11.8 Å². The highest BCUT2D eigenvalue weighted by Crippen LogP contribution is 2.20. The Morgan fingerprint density at radius 1 is 1.16 bits per heavy atom. The number of carbonyl (C=O) groups excluding carboxylic acids is 2. The molecule has 0 aromatic heterocycles. The lowest BCUT2D eigenvalue weighted by Gasteiger charge is -2.25. The molecule has 0 radical (unpaired) electrons. The van der Waals surface area contributed by atoms with Gasteiger partial charge >= 0.3 is 0 Å².